The maximum absolute atomic E-state index is 15.3. The number of hydrogen-bond donors (Lipinski definition) is 2. The molecule has 1 saturated heterocycles. The minimum absolute atomic E-state index is 0.0549. The summed E-state index contributed by atoms with van der Waals surface area (Å²) in [6.07, 6.45) is 4.50. The molecule has 0 radical (unpaired) electrons. The van der Waals surface area contributed by atoms with E-state index >= 15 is 4.39 Å². The van der Waals surface area contributed by atoms with Crippen molar-refractivity contribution in [2.45, 2.75) is 50.7 Å². The molecule has 2 atom stereocenters. The van der Waals surface area contributed by atoms with Crippen LogP contribution in [0.1, 0.15) is 65.3 Å². The van der Waals surface area contributed by atoms with Gasteiger partial charge in [0.25, 0.3) is 5.91 Å². The second-order valence-electron chi connectivity index (χ2n) is 11.3. The van der Waals surface area contributed by atoms with Crippen molar-refractivity contribution < 1.29 is 19.1 Å². The molecule has 2 aliphatic heterocycles. The smallest absolute Gasteiger partial charge is 0.321 e. The molecule has 0 bridgehead atoms. The van der Waals surface area contributed by atoms with Gasteiger partial charge in [-0.15, -0.1) is 0 Å². The van der Waals surface area contributed by atoms with E-state index in [9.17, 15) is 14.7 Å². The SMILES string of the molecule is C[C@@H]1c2ccccc2CCN1C(=O)c1cc(C2CC2)c2nn(-c3ccc(NC(=O)N4CC[C@@H](O)C4)cc3F)cc2n1. The molecule has 0 spiro atoms. The molecule has 0 unspecified atom stereocenters. The van der Waals surface area contributed by atoms with Crippen LogP contribution in [0.15, 0.2) is 54.7 Å². The van der Waals surface area contributed by atoms with E-state index in [2.05, 4.69) is 24.4 Å². The number of aliphatic hydroxyl groups is 1. The number of nitrogens with zero attached hydrogens (tertiary/aromatic N) is 5. The summed E-state index contributed by atoms with van der Waals surface area (Å²) in [5.41, 5.74) is 5.55. The second-order valence-corrected chi connectivity index (χ2v) is 11.3. The molecule has 1 saturated carbocycles. The lowest BCUT2D eigenvalue weighted by Crippen LogP contribution is -2.39. The highest BCUT2D eigenvalue weighted by molar-refractivity contribution is 5.96. The summed E-state index contributed by atoms with van der Waals surface area (Å²) in [5.74, 6) is -0.357. The number of β-amino-alcohol motifs (C(OH)–C–C–N with tert-alkyl or cyclic N) is 1. The summed E-state index contributed by atoms with van der Waals surface area (Å²) in [6.45, 7) is 3.40. The van der Waals surface area contributed by atoms with E-state index in [1.165, 1.54) is 21.2 Å². The Balaban J connectivity index is 1.17. The number of aliphatic hydroxyl groups excluding tert-OH is 1. The van der Waals surface area contributed by atoms with Crippen LogP contribution in [-0.2, 0) is 6.42 Å². The number of halogens is 1. The highest BCUT2D eigenvalue weighted by Gasteiger charge is 2.33. The van der Waals surface area contributed by atoms with E-state index in [1.54, 1.807) is 18.3 Å². The van der Waals surface area contributed by atoms with Gasteiger partial charge in [0.2, 0.25) is 0 Å². The summed E-state index contributed by atoms with van der Waals surface area (Å²) in [5, 5.41) is 17.1. The van der Waals surface area contributed by atoms with E-state index in [0.717, 1.165) is 30.4 Å². The lowest BCUT2D eigenvalue weighted by atomic mass is 9.93. The lowest BCUT2D eigenvalue weighted by Gasteiger charge is -2.35. The quantitative estimate of drug-likeness (QED) is 0.378. The molecule has 1 aliphatic carbocycles. The molecule has 210 valence electrons. The normalized spacial score (nSPS) is 20.4. The van der Waals surface area contributed by atoms with Gasteiger partial charge in [-0.25, -0.2) is 18.9 Å². The van der Waals surface area contributed by atoms with Crippen molar-refractivity contribution in [3.8, 4) is 5.69 Å². The van der Waals surface area contributed by atoms with Crippen molar-refractivity contribution in [3.63, 3.8) is 0 Å². The third-order valence-corrected chi connectivity index (χ3v) is 8.49. The first-order valence-corrected chi connectivity index (χ1v) is 14.2. The van der Waals surface area contributed by atoms with Crippen LogP contribution in [0, 0.1) is 5.82 Å². The number of pyridine rings is 1. The number of likely N-dealkylation sites (tertiary alicyclic amines) is 1. The zero-order chi connectivity index (χ0) is 28.2. The molecule has 2 N–H and O–H groups in total. The summed E-state index contributed by atoms with van der Waals surface area (Å²) in [6, 6.07) is 14.1. The number of rotatable bonds is 4. The van der Waals surface area contributed by atoms with Crippen molar-refractivity contribution in [1.29, 1.82) is 0 Å². The number of fused-ring (bicyclic) bond motifs is 2. The van der Waals surface area contributed by atoms with Crippen molar-refractivity contribution >= 4 is 28.7 Å². The minimum Gasteiger partial charge on any atom is -0.391 e. The number of nitrogens with one attached hydrogen (secondary N) is 1. The average Bonchev–Trinajstić information content (AvgIpc) is 3.58. The molecule has 2 aromatic carbocycles. The number of carbonyl (C=O) groups is 2. The Morgan fingerprint density at radius 3 is 2.63 bits per heavy atom. The van der Waals surface area contributed by atoms with Crippen LogP contribution in [0.2, 0.25) is 0 Å². The Labute approximate surface area is 236 Å². The van der Waals surface area contributed by atoms with Crippen molar-refractivity contribution in [2.75, 3.05) is 25.0 Å². The second kappa shape index (κ2) is 9.95. The summed E-state index contributed by atoms with van der Waals surface area (Å²) in [4.78, 5) is 34.3. The molecular weight excluding hydrogens is 523 g/mol. The van der Waals surface area contributed by atoms with Crippen molar-refractivity contribution in [2.24, 2.45) is 0 Å². The Morgan fingerprint density at radius 2 is 1.88 bits per heavy atom. The fourth-order valence-corrected chi connectivity index (χ4v) is 6.06. The summed E-state index contributed by atoms with van der Waals surface area (Å²) in [7, 11) is 0. The van der Waals surface area contributed by atoms with Crippen molar-refractivity contribution in [3.05, 3.63) is 82.9 Å². The standard InChI is InChI=1S/C31H31FN6O3/c1-18-23-5-3-2-4-19(23)10-13-37(18)30(40)26-15-24(20-6-7-20)29-27(34-26)17-38(35-29)28-9-8-21(14-25(28)32)33-31(41)36-12-11-22(39)16-36/h2-5,8-9,14-15,17-18,20,22,39H,6-7,10-13,16H2,1H3,(H,33,41)/t18-,22-/m1/s1. The fraction of sp³-hybridized carbons (Fsp3) is 0.355. The Kier molecular flexibility index (Phi) is 6.23. The maximum atomic E-state index is 15.3. The van der Waals surface area contributed by atoms with Crippen LogP contribution in [-0.4, -0.2) is 67.3 Å². The largest absolute Gasteiger partial charge is 0.391 e. The molecule has 9 nitrogen and oxygen atoms in total. The van der Waals surface area contributed by atoms with Crippen molar-refractivity contribution in [1.82, 2.24) is 24.6 Å². The molecule has 10 heteroatoms. The van der Waals surface area contributed by atoms with E-state index in [0.29, 0.717) is 47.8 Å². The van der Waals surface area contributed by atoms with Gasteiger partial charge >= 0.3 is 6.03 Å². The lowest BCUT2D eigenvalue weighted by molar-refractivity contribution is 0.0672. The monoisotopic (exact) mass is 554 g/mol. The Hall–Kier alpha value is -4.31. The number of carbonyl (C=O) groups excluding carboxylic acids is 2. The van der Waals surface area contributed by atoms with Gasteiger partial charge in [-0.3, -0.25) is 4.79 Å². The van der Waals surface area contributed by atoms with Crippen LogP contribution in [0.5, 0.6) is 0 Å². The predicted octanol–water partition coefficient (Wildman–Crippen LogP) is 4.80. The van der Waals surface area contributed by atoms with E-state index < -0.39 is 11.9 Å². The first-order valence-electron chi connectivity index (χ1n) is 14.2. The van der Waals surface area contributed by atoms with E-state index in [4.69, 9.17) is 10.1 Å². The van der Waals surface area contributed by atoms with Crippen LogP contribution in [0.25, 0.3) is 16.7 Å². The highest BCUT2D eigenvalue weighted by Crippen LogP contribution is 2.43. The summed E-state index contributed by atoms with van der Waals surface area (Å²) < 4.78 is 16.7. The van der Waals surface area contributed by atoms with Crippen LogP contribution in [0.4, 0.5) is 14.9 Å². The number of anilines is 1. The zero-order valence-corrected chi connectivity index (χ0v) is 22.8. The van der Waals surface area contributed by atoms with E-state index in [1.807, 2.05) is 23.1 Å². The molecule has 4 aromatic rings. The topological polar surface area (TPSA) is 104 Å². The molecule has 2 fully saturated rings. The Morgan fingerprint density at radius 1 is 1.05 bits per heavy atom. The first kappa shape index (κ1) is 25.6. The van der Waals surface area contributed by atoms with Gasteiger partial charge in [0.15, 0.2) is 5.82 Å². The number of hydrogen-bond acceptors (Lipinski definition) is 5. The number of urea groups is 1. The number of aromatic nitrogens is 3. The van der Waals surface area contributed by atoms with Gasteiger partial charge in [0, 0.05) is 25.3 Å². The van der Waals surface area contributed by atoms with Gasteiger partial charge in [0.1, 0.15) is 22.4 Å². The molecule has 3 amide bonds. The highest BCUT2D eigenvalue weighted by atomic mass is 19.1. The average molecular weight is 555 g/mol. The number of amides is 3. The van der Waals surface area contributed by atoms with Crippen LogP contribution < -0.4 is 5.32 Å². The molecule has 7 rings (SSSR count). The van der Waals surface area contributed by atoms with Gasteiger partial charge in [-0.1, -0.05) is 24.3 Å². The van der Waals surface area contributed by atoms with Gasteiger partial charge in [-0.2, -0.15) is 5.10 Å². The molecule has 4 heterocycles. The molecule has 41 heavy (non-hydrogen) atoms. The molecular formula is C31H31FN6O3. The molecule has 2 aromatic heterocycles. The predicted molar refractivity (Wildman–Crippen MR) is 152 cm³/mol. The van der Waals surface area contributed by atoms with Gasteiger partial charge in [-0.05, 0) is 79.5 Å². The van der Waals surface area contributed by atoms with Crippen LogP contribution >= 0.6 is 0 Å². The number of benzene rings is 2. The summed E-state index contributed by atoms with van der Waals surface area (Å²) >= 11 is 0. The third-order valence-electron chi connectivity index (χ3n) is 8.49. The van der Waals surface area contributed by atoms with E-state index in [-0.39, 0.29) is 30.2 Å². The third kappa shape index (κ3) is 4.72. The zero-order valence-electron chi connectivity index (χ0n) is 22.8. The van der Waals surface area contributed by atoms with Gasteiger partial charge in [0.05, 0.1) is 18.3 Å². The van der Waals surface area contributed by atoms with Crippen LogP contribution in [0.3, 0.4) is 0 Å². The maximum Gasteiger partial charge on any atom is 0.321 e. The van der Waals surface area contributed by atoms with Gasteiger partial charge < -0.3 is 20.2 Å². The molecule has 3 aliphatic rings. The Bertz CT molecular complexity index is 1680. The first-order chi connectivity index (χ1) is 19.9. The minimum atomic E-state index is -0.554. The fourth-order valence-electron chi connectivity index (χ4n) is 6.06.